The maximum Gasteiger partial charge on any atom is 0.315 e. The summed E-state index contributed by atoms with van der Waals surface area (Å²) < 4.78 is 0. The lowest BCUT2D eigenvalue weighted by Gasteiger charge is -2.47. The molecule has 3 aliphatic heterocycles. The van der Waals surface area contributed by atoms with Crippen molar-refractivity contribution in [1.82, 2.24) is 15.5 Å². The average Bonchev–Trinajstić information content (AvgIpc) is 3.18. The van der Waals surface area contributed by atoms with Crippen LogP contribution >= 0.6 is 11.8 Å². The van der Waals surface area contributed by atoms with Gasteiger partial charge in [0.05, 0.1) is 12.1 Å². The van der Waals surface area contributed by atoms with Gasteiger partial charge >= 0.3 is 6.03 Å². The van der Waals surface area contributed by atoms with Gasteiger partial charge in [-0.1, -0.05) is 26.2 Å². The Hall–Kier alpha value is -0.910. The molecule has 6 atom stereocenters. The molecule has 0 spiro atoms. The van der Waals surface area contributed by atoms with Gasteiger partial charge in [0.15, 0.2) is 0 Å². The highest BCUT2D eigenvalue weighted by molar-refractivity contribution is 8.00. The van der Waals surface area contributed by atoms with Crippen molar-refractivity contribution >= 4 is 23.7 Å². The Balaban J connectivity index is 1.21. The van der Waals surface area contributed by atoms with Gasteiger partial charge < -0.3 is 15.5 Å². The van der Waals surface area contributed by atoms with Gasteiger partial charge in [0.1, 0.15) is 0 Å². The molecule has 3 saturated heterocycles. The van der Waals surface area contributed by atoms with E-state index in [1.54, 1.807) is 0 Å². The Labute approximate surface area is 161 Å². The largest absolute Gasteiger partial charge is 0.339 e. The summed E-state index contributed by atoms with van der Waals surface area (Å²) in [7, 11) is 0. The summed E-state index contributed by atoms with van der Waals surface area (Å²) in [6.45, 7) is 3.36. The minimum absolute atomic E-state index is 0.0122. The van der Waals surface area contributed by atoms with Gasteiger partial charge in [-0.25, -0.2) is 4.79 Å². The molecule has 146 valence electrons. The third-order valence-electron chi connectivity index (χ3n) is 7.13. The first-order valence-corrected chi connectivity index (χ1v) is 11.7. The molecular formula is C20H33N3O2S. The SMILES string of the molecule is C[C@@H]1CCN(C(=O)CCCC[C@@H]2SC[C@@H]3NC(=O)N[C@@H]32)[C@@H]2CCCC[C@@H]12. The zero-order valence-corrected chi connectivity index (χ0v) is 16.7. The van der Waals surface area contributed by atoms with Gasteiger partial charge in [-0.05, 0) is 43.9 Å². The summed E-state index contributed by atoms with van der Waals surface area (Å²) in [6, 6.07) is 1.10. The Bertz CT molecular complexity index is 543. The Kier molecular flexibility index (Phi) is 5.67. The van der Waals surface area contributed by atoms with E-state index in [1.807, 2.05) is 11.8 Å². The van der Waals surface area contributed by atoms with E-state index in [4.69, 9.17) is 0 Å². The van der Waals surface area contributed by atoms with Crippen molar-refractivity contribution in [2.75, 3.05) is 12.3 Å². The molecular weight excluding hydrogens is 346 g/mol. The number of piperidine rings is 1. The smallest absolute Gasteiger partial charge is 0.315 e. The highest BCUT2D eigenvalue weighted by Gasteiger charge is 2.42. The third kappa shape index (κ3) is 3.71. The van der Waals surface area contributed by atoms with Crippen molar-refractivity contribution in [3.05, 3.63) is 0 Å². The molecule has 0 unspecified atom stereocenters. The second kappa shape index (κ2) is 7.99. The predicted octanol–water partition coefficient (Wildman–Crippen LogP) is 3.14. The van der Waals surface area contributed by atoms with Gasteiger partial charge in [0.25, 0.3) is 0 Å². The van der Waals surface area contributed by atoms with Gasteiger partial charge in [0, 0.05) is 30.0 Å². The van der Waals surface area contributed by atoms with E-state index in [-0.39, 0.29) is 12.1 Å². The molecule has 3 amide bonds. The van der Waals surface area contributed by atoms with Crippen molar-refractivity contribution in [1.29, 1.82) is 0 Å². The number of hydrogen-bond donors (Lipinski definition) is 2. The topological polar surface area (TPSA) is 61.4 Å². The number of carbonyl (C=O) groups is 2. The zero-order valence-electron chi connectivity index (χ0n) is 15.9. The number of amides is 3. The summed E-state index contributed by atoms with van der Waals surface area (Å²) in [5.41, 5.74) is 0. The molecule has 0 bridgehead atoms. The first-order chi connectivity index (χ1) is 12.6. The molecule has 26 heavy (non-hydrogen) atoms. The monoisotopic (exact) mass is 379 g/mol. The number of fused-ring (bicyclic) bond motifs is 2. The number of rotatable bonds is 5. The first-order valence-electron chi connectivity index (χ1n) is 10.6. The van der Waals surface area contributed by atoms with Crippen LogP contribution in [0.15, 0.2) is 0 Å². The molecule has 1 aliphatic carbocycles. The Morgan fingerprint density at radius 2 is 2.04 bits per heavy atom. The van der Waals surface area contributed by atoms with Gasteiger partial charge in [-0.3, -0.25) is 4.79 Å². The molecule has 4 fully saturated rings. The number of hydrogen-bond acceptors (Lipinski definition) is 3. The maximum atomic E-state index is 12.8. The fraction of sp³-hybridized carbons (Fsp3) is 0.900. The van der Waals surface area contributed by atoms with Crippen LogP contribution in [0.3, 0.4) is 0 Å². The van der Waals surface area contributed by atoms with Crippen molar-refractivity contribution in [2.45, 2.75) is 88.1 Å². The van der Waals surface area contributed by atoms with Crippen molar-refractivity contribution in [2.24, 2.45) is 11.8 Å². The van der Waals surface area contributed by atoms with E-state index in [1.165, 1.54) is 32.1 Å². The number of urea groups is 1. The lowest BCUT2D eigenvalue weighted by Crippen LogP contribution is -2.52. The predicted molar refractivity (Wildman–Crippen MR) is 105 cm³/mol. The Morgan fingerprint density at radius 1 is 1.19 bits per heavy atom. The maximum absolute atomic E-state index is 12.8. The first kappa shape index (κ1) is 18.5. The highest BCUT2D eigenvalue weighted by atomic mass is 32.2. The van der Waals surface area contributed by atoms with Crippen LogP contribution in [0, 0.1) is 11.8 Å². The van der Waals surface area contributed by atoms with E-state index in [0.29, 0.717) is 29.7 Å². The minimum Gasteiger partial charge on any atom is -0.339 e. The molecule has 1 saturated carbocycles. The van der Waals surface area contributed by atoms with Crippen LogP contribution in [0.5, 0.6) is 0 Å². The standard InChI is InChI=1S/C20H33N3O2S/c1-13-10-11-23(16-7-3-2-6-14(13)16)18(24)9-5-4-8-17-19-15(12-26-17)21-20(25)22-19/h13-17,19H,2-12H2,1H3,(H2,21,22,25)/t13-,14+,15+,16-,17+,19+/m1/s1. The molecule has 3 heterocycles. The van der Waals surface area contributed by atoms with Crippen molar-refractivity contribution in [3.8, 4) is 0 Å². The number of unbranched alkanes of at least 4 members (excludes halogenated alkanes) is 1. The second-order valence-electron chi connectivity index (χ2n) is 8.74. The normalized spacial score (nSPS) is 39.1. The van der Waals surface area contributed by atoms with Crippen LogP contribution in [0.4, 0.5) is 4.79 Å². The average molecular weight is 380 g/mol. The van der Waals surface area contributed by atoms with Crippen LogP contribution in [-0.4, -0.2) is 52.5 Å². The molecule has 0 radical (unpaired) electrons. The summed E-state index contributed by atoms with van der Waals surface area (Å²) in [5.74, 6) is 2.93. The summed E-state index contributed by atoms with van der Waals surface area (Å²) >= 11 is 1.97. The van der Waals surface area contributed by atoms with E-state index >= 15 is 0 Å². The quantitative estimate of drug-likeness (QED) is 0.570. The summed E-state index contributed by atoms with van der Waals surface area (Å²) in [5, 5.41) is 6.56. The summed E-state index contributed by atoms with van der Waals surface area (Å²) in [4.78, 5) is 26.5. The second-order valence-corrected chi connectivity index (χ2v) is 10.0. The number of nitrogens with one attached hydrogen (secondary N) is 2. The number of likely N-dealkylation sites (tertiary alicyclic amines) is 1. The van der Waals surface area contributed by atoms with Crippen LogP contribution in [0.2, 0.25) is 0 Å². The molecule has 4 aliphatic rings. The third-order valence-corrected chi connectivity index (χ3v) is 8.63. The molecule has 6 heteroatoms. The lowest BCUT2D eigenvalue weighted by atomic mass is 9.72. The molecule has 4 rings (SSSR count). The van der Waals surface area contributed by atoms with Crippen molar-refractivity contribution in [3.63, 3.8) is 0 Å². The van der Waals surface area contributed by atoms with Crippen LogP contribution < -0.4 is 10.6 Å². The number of carbonyl (C=O) groups excluding carboxylic acids is 2. The van der Waals surface area contributed by atoms with Crippen molar-refractivity contribution < 1.29 is 9.59 Å². The molecule has 2 N–H and O–H groups in total. The van der Waals surface area contributed by atoms with E-state index < -0.39 is 0 Å². The molecule has 0 aromatic rings. The lowest BCUT2D eigenvalue weighted by molar-refractivity contribution is -0.139. The van der Waals surface area contributed by atoms with Gasteiger partial charge in [-0.2, -0.15) is 11.8 Å². The fourth-order valence-electron chi connectivity index (χ4n) is 5.63. The van der Waals surface area contributed by atoms with E-state index in [0.717, 1.165) is 43.4 Å². The molecule has 0 aromatic carbocycles. The highest BCUT2D eigenvalue weighted by Crippen LogP contribution is 2.39. The number of nitrogens with zero attached hydrogens (tertiary/aromatic N) is 1. The van der Waals surface area contributed by atoms with E-state index in [2.05, 4.69) is 22.5 Å². The van der Waals surface area contributed by atoms with E-state index in [9.17, 15) is 9.59 Å². The summed E-state index contributed by atoms with van der Waals surface area (Å²) in [6.07, 6.45) is 10.2. The Morgan fingerprint density at radius 3 is 2.92 bits per heavy atom. The van der Waals surface area contributed by atoms with Crippen LogP contribution in [0.1, 0.15) is 64.7 Å². The van der Waals surface area contributed by atoms with Crippen LogP contribution in [-0.2, 0) is 4.79 Å². The van der Waals surface area contributed by atoms with Gasteiger partial charge in [0.2, 0.25) is 5.91 Å². The molecule has 0 aromatic heterocycles. The zero-order chi connectivity index (χ0) is 18.1. The fourth-order valence-corrected chi connectivity index (χ4v) is 7.17. The molecule has 5 nitrogen and oxygen atoms in total. The minimum atomic E-state index is -0.0122. The van der Waals surface area contributed by atoms with Gasteiger partial charge in [-0.15, -0.1) is 0 Å². The van der Waals surface area contributed by atoms with Crippen LogP contribution in [0.25, 0.3) is 0 Å². The number of thioether (sulfide) groups is 1.